The molecule has 3 rings (SSSR count). The van der Waals surface area contributed by atoms with E-state index in [1.165, 1.54) is 0 Å². The Morgan fingerprint density at radius 3 is 2.80 bits per heavy atom. The van der Waals surface area contributed by atoms with Gasteiger partial charge in [-0.15, -0.1) is 11.3 Å². The molecule has 2 aromatic heterocycles. The summed E-state index contributed by atoms with van der Waals surface area (Å²) in [7, 11) is 0. The van der Waals surface area contributed by atoms with E-state index in [-0.39, 0.29) is 5.91 Å². The van der Waals surface area contributed by atoms with E-state index in [0.29, 0.717) is 12.2 Å². The lowest BCUT2D eigenvalue weighted by Gasteiger charge is -2.02. The highest BCUT2D eigenvalue weighted by Gasteiger charge is 2.08. The molecular formula is C15H13N3OS. The lowest BCUT2D eigenvalue weighted by molar-refractivity contribution is 0.0945. The number of pyridine rings is 1. The number of para-hydroxylation sites is 1. The van der Waals surface area contributed by atoms with Gasteiger partial charge in [0.15, 0.2) is 0 Å². The Bertz CT molecular complexity index is 733. The topological polar surface area (TPSA) is 54.9 Å². The first-order chi connectivity index (χ1) is 9.72. The summed E-state index contributed by atoms with van der Waals surface area (Å²) in [5.41, 5.74) is 2.24. The number of amides is 1. The molecule has 0 bridgehead atoms. The van der Waals surface area contributed by atoms with E-state index in [4.69, 9.17) is 0 Å². The summed E-state index contributed by atoms with van der Waals surface area (Å²) < 4.78 is 1.13. The average molecular weight is 283 g/mol. The maximum absolute atomic E-state index is 12.0. The highest BCUT2D eigenvalue weighted by atomic mass is 32.1. The van der Waals surface area contributed by atoms with Gasteiger partial charge in [-0.25, -0.2) is 9.97 Å². The summed E-state index contributed by atoms with van der Waals surface area (Å²) in [6.45, 7) is 2.29. The van der Waals surface area contributed by atoms with Crippen LogP contribution in [0.5, 0.6) is 0 Å². The summed E-state index contributed by atoms with van der Waals surface area (Å²) in [4.78, 5) is 20.7. The normalized spacial score (nSPS) is 10.7. The molecule has 1 N–H and O–H groups in total. The number of nitrogens with zero attached hydrogens (tertiary/aromatic N) is 2. The standard InChI is InChI=1S/C15H13N3OS/c1-10-5-4-7-12(17-10)15(19)16-9-14-18-11-6-2-3-8-13(11)20-14/h2-8H,9H2,1H3,(H,16,19). The van der Waals surface area contributed by atoms with E-state index in [1.54, 1.807) is 17.4 Å². The van der Waals surface area contributed by atoms with Crippen LogP contribution in [0.2, 0.25) is 0 Å². The summed E-state index contributed by atoms with van der Waals surface area (Å²) >= 11 is 1.59. The van der Waals surface area contributed by atoms with Crippen LogP contribution in [-0.4, -0.2) is 15.9 Å². The fraction of sp³-hybridized carbons (Fsp3) is 0.133. The zero-order chi connectivity index (χ0) is 13.9. The van der Waals surface area contributed by atoms with Gasteiger partial charge in [-0.2, -0.15) is 0 Å². The van der Waals surface area contributed by atoms with Crippen molar-refractivity contribution in [3.8, 4) is 0 Å². The summed E-state index contributed by atoms with van der Waals surface area (Å²) in [5, 5.41) is 3.75. The van der Waals surface area contributed by atoms with Gasteiger partial charge in [-0.1, -0.05) is 18.2 Å². The molecule has 100 valence electrons. The molecule has 0 spiro atoms. The fourth-order valence-corrected chi connectivity index (χ4v) is 2.82. The molecule has 0 aliphatic rings. The Balaban J connectivity index is 1.71. The predicted molar refractivity (Wildman–Crippen MR) is 79.8 cm³/mol. The van der Waals surface area contributed by atoms with E-state index in [0.717, 1.165) is 20.9 Å². The van der Waals surface area contributed by atoms with Crippen LogP contribution in [0.25, 0.3) is 10.2 Å². The van der Waals surface area contributed by atoms with Crippen molar-refractivity contribution < 1.29 is 4.79 Å². The van der Waals surface area contributed by atoms with Crippen LogP contribution >= 0.6 is 11.3 Å². The number of carbonyl (C=O) groups excluding carboxylic acids is 1. The lowest BCUT2D eigenvalue weighted by atomic mass is 10.3. The summed E-state index contributed by atoms with van der Waals surface area (Å²) in [6.07, 6.45) is 0. The molecule has 0 fully saturated rings. The molecule has 5 heteroatoms. The van der Waals surface area contributed by atoms with Gasteiger partial charge in [0.05, 0.1) is 16.8 Å². The van der Waals surface area contributed by atoms with Crippen molar-refractivity contribution in [3.63, 3.8) is 0 Å². The monoisotopic (exact) mass is 283 g/mol. The van der Waals surface area contributed by atoms with Crippen LogP contribution in [0.1, 0.15) is 21.2 Å². The number of rotatable bonds is 3. The predicted octanol–water partition coefficient (Wildman–Crippen LogP) is 2.93. The van der Waals surface area contributed by atoms with Gasteiger partial charge in [0, 0.05) is 5.69 Å². The molecule has 1 amide bonds. The van der Waals surface area contributed by atoms with Gasteiger partial charge in [0.2, 0.25) is 0 Å². The molecule has 1 aromatic carbocycles. The lowest BCUT2D eigenvalue weighted by Crippen LogP contribution is -2.23. The number of nitrogens with one attached hydrogen (secondary N) is 1. The average Bonchev–Trinajstić information content (AvgIpc) is 2.87. The zero-order valence-corrected chi connectivity index (χ0v) is 11.8. The van der Waals surface area contributed by atoms with Gasteiger partial charge in [0.1, 0.15) is 10.7 Å². The van der Waals surface area contributed by atoms with Crippen molar-refractivity contribution in [2.24, 2.45) is 0 Å². The maximum atomic E-state index is 12.0. The number of hydrogen-bond donors (Lipinski definition) is 1. The molecule has 0 atom stereocenters. The number of fused-ring (bicyclic) bond motifs is 1. The van der Waals surface area contributed by atoms with Gasteiger partial charge in [-0.3, -0.25) is 4.79 Å². The minimum Gasteiger partial charge on any atom is -0.344 e. The molecular weight excluding hydrogens is 270 g/mol. The first-order valence-corrected chi connectivity index (χ1v) is 7.10. The van der Waals surface area contributed by atoms with E-state index < -0.39 is 0 Å². The Morgan fingerprint density at radius 1 is 1.15 bits per heavy atom. The van der Waals surface area contributed by atoms with Crippen LogP contribution in [0, 0.1) is 6.92 Å². The van der Waals surface area contributed by atoms with Crippen molar-refractivity contribution in [2.75, 3.05) is 0 Å². The minimum absolute atomic E-state index is 0.173. The van der Waals surface area contributed by atoms with E-state index in [1.807, 2.05) is 43.3 Å². The van der Waals surface area contributed by atoms with Crippen molar-refractivity contribution in [1.82, 2.24) is 15.3 Å². The Kier molecular flexibility index (Phi) is 3.43. The van der Waals surface area contributed by atoms with Crippen LogP contribution in [0.15, 0.2) is 42.5 Å². The van der Waals surface area contributed by atoms with Gasteiger partial charge < -0.3 is 5.32 Å². The second kappa shape index (κ2) is 5.38. The Hall–Kier alpha value is -2.27. The van der Waals surface area contributed by atoms with Crippen LogP contribution in [0.3, 0.4) is 0 Å². The third-order valence-electron chi connectivity index (χ3n) is 2.86. The van der Waals surface area contributed by atoms with E-state index in [9.17, 15) is 4.79 Å². The zero-order valence-electron chi connectivity index (χ0n) is 11.0. The molecule has 0 saturated heterocycles. The number of carbonyl (C=O) groups is 1. The molecule has 0 aliphatic carbocycles. The first-order valence-electron chi connectivity index (χ1n) is 6.29. The summed E-state index contributed by atoms with van der Waals surface area (Å²) in [5.74, 6) is -0.173. The number of thiazole rings is 1. The first kappa shape index (κ1) is 12.7. The molecule has 2 heterocycles. The molecule has 20 heavy (non-hydrogen) atoms. The van der Waals surface area contributed by atoms with Crippen molar-refractivity contribution in [3.05, 3.63) is 58.9 Å². The number of hydrogen-bond acceptors (Lipinski definition) is 4. The highest BCUT2D eigenvalue weighted by Crippen LogP contribution is 2.21. The Morgan fingerprint density at radius 2 is 2.00 bits per heavy atom. The SMILES string of the molecule is Cc1cccc(C(=O)NCc2nc3ccccc3s2)n1. The van der Waals surface area contributed by atoms with Crippen LogP contribution in [0.4, 0.5) is 0 Å². The molecule has 0 unspecified atom stereocenters. The molecule has 0 aliphatic heterocycles. The third-order valence-corrected chi connectivity index (χ3v) is 3.90. The van der Waals surface area contributed by atoms with Crippen molar-refractivity contribution in [1.29, 1.82) is 0 Å². The van der Waals surface area contributed by atoms with Gasteiger partial charge in [0.25, 0.3) is 5.91 Å². The number of aryl methyl sites for hydroxylation is 1. The largest absolute Gasteiger partial charge is 0.344 e. The summed E-state index contributed by atoms with van der Waals surface area (Å²) in [6, 6.07) is 13.3. The van der Waals surface area contributed by atoms with Crippen molar-refractivity contribution >= 4 is 27.5 Å². The third kappa shape index (κ3) is 2.67. The molecule has 4 nitrogen and oxygen atoms in total. The van der Waals surface area contributed by atoms with Crippen LogP contribution in [-0.2, 0) is 6.54 Å². The second-order valence-corrected chi connectivity index (χ2v) is 5.54. The fourth-order valence-electron chi connectivity index (χ4n) is 1.91. The molecule has 3 aromatic rings. The second-order valence-electron chi connectivity index (χ2n) is 4.42. The number of aromatic nitrogens is 2. The molecule has 0 saturated carbocycles. The molecule has 0 radical (unpaired) electrons. The minimum atomic E-state index is -0.173. The van der Waals surface area contributed by atoms with Gasteiger partial charge >= 0.3 is 0 Å². The quantitative estimate of drug-likeness (QED) is 0.804. The van der Waals surface area contributed by atoms with Crippen LogP contribution < -0.4 is 5.32 Å². The maximum Gasteiger partial charge on any atom is 0.270 e. The van der Waals surface area contributed by atoms with Crippen molar-refractivity contribution in [2.45, 2.75) is 13.5 Å². The van der Waals surface area contributed by atoms with Gasteiger partial charge in [-0.05, 0) is 31.2 Å². The van der Waals surface area contributed by atoms with E-state index >= 15 is 0 Å². The Labute approximate surface area is 120 Å². The number of benzene rings is 1. The van der Waals surface area contributed by atoms with E-state index in [2.05, 4.69) is 15.3 Å². The smallest absolute Gasteiger partial charge is 0.270 e. The highest BCUT2D eigenvalue weighted by molar-refractivity contribution is 7.18.